The molecule has 0 aromatic carbocycles. The van der Waals surface area contributed by atoms with Gasteiger partial charge in [0, 0.05) is 13.2 Å². The fraction of sp³-hybridized carbons (Fsp3) is 1.00. The van der Waals surface area contributed by atoms with Crippen molar-refractivity contribution >= 4 is 0 Å². The van der Waals surface area contributed by atoms with E-state index in [1.165, 1.54) is 38.5 Å². The monoisotopic (exact) mass is 227 g/mol. The van der Waals surface area contributed by atoms with Gasteiger partial charge in [0.05, 0.1) is 5.60 Å². The third-order valence-electron chi connectivity index (χ3n) is 4.55. The highest BCUT2D eigenvalue weighted by molar-refractivity contribution is 4.89. The van der Waals surface area contributed by atoms with Crippen LogP contribution in [0.15, 0.2) is 0 Å². The summed E-state index contributed by atoms with van der Waals surface area (Å²) in [6, 6.07) is 0.491. The number of hydrogen-bond acceptors (Lipinski definition) is 2. The largest absolute Gasteiger partial charge is 0.377 e. The van der Waals surface area contributed by atoms with Gasteiger partial charge >= 0.3 is 0 Å². The number of rotatable bonds is 6. The van der Waals surface area contributed by atoms with Crippen LogP contribution in [0.1, 0.15) is 58.8 Å². The van der Waals surface area contributed by atoms with Gasteiger partial charge in [0.1, 0.15) is 0 Å². The molecule has 0 bridgehead atoms. The average molecular weight is 227 g/mol. The van der Waals surface area contributed by atoms with Crippen molar-refractivity contribution in [2.24, 2.45) is 5.92 Å². The highest BCUT2D eigenvalue weighted by Crippen LogP contribution is 2.31. The molecule has 2 atom stereocenters. The average Bonchev–Trinajstić information content (AvgIpc) is 2.36. The molecule has 1 rings (SSSR count). The van der Waals surface area contributed by atoms with Gasteiger partial charge in [0.2, 0.25) is 0 Å². The molecule has 0 aromatic heterocycles. The molecule has 0 radical (unpaired) electrons. The van der Waals surface area contributed by atoms with Crippen LogP contribution in [0.25, 0.3) is 0 Å². The molecule has 0 amide bonds. The Morgan fingerprint density at radius 2 is 1.94 bits per heavy atom. The van der Waals surface area contributed by atoms with Crippen LogP contribution >= 0.6 is 0 Å². The number of nitrogens with one attached hydrogen (secondary N) is 1. The molecular formula is C14H29NO. The van der Waals surface area contributed by atoms with Crippen LogP contribution in [-0.2, 0) is 4.74 Å². The Morgan fingerprint density at radius 3 is 2.38 bits per heavy atom. The van der Waals surface area contributed by atoms with Crippen LogP contribution < -0.4 is 5.32 Å². The Bertz CT molecular complexity index is 183. The minimum Gasteiger partial charge on any atom is -0.377 e. The minimum atomic E-state index is -0.00774. The van der Waals surface area contributed by atoms with Crippen molar-refractivity contribution in [2.45, 2.75) is 70.4 Å². The van der Waals surface area contributed by atoms with Crippen molar-refractivity contribution in [3.63, 3.8) is 0 Å². The minimum absolute atomic E-state index is 0.00774. The molecule has 0 heterocycles. The molecule has 2 heteroatoms. The Morgan fingerprint density at radius 1 is 1.31 bits per heavy atom. The quantitative estimate of drug-likeness (QED) is 0.751. The lowest BCUT2D eigenvalue weighted by Crippen LogP contribution is -2.49. The van der Waals surface area contributed by atoms with E-state index in [9.17, 15) is 0 Å². The van der Waals surface area contributed by atoms with Crippen molar-refractivity contribution in [1.82, 2.24) is 5.32 Å². The number of methoxy groups -OCH3 is 1. The summed E-state index contributed by atoms with van der Waals surface area (Å²) < 4.78 is 5.72. The molecule has 1 N–H and O–H groups in total. The van der Waals surface area contributed by atoms with Crippen molar-refractivity contribution in [2.75, 3.05) is 14.2 Å². The molecule has 0 spiro atoms. The topological polar surface area (TPSA) is 21.3 Å². The molecule has 1 fully saturated rings. The summed E-state index contributed by atoms with van der Waals surface area (Å²) in [6.45, 7) is 4.45. The predicted octanol–water partition coefficient (Wildman–Crippen LogP) is 3.36. The van der Waals surface area contributed by atoms with E-state index >= 15 is 0 Å². The van der Waals surface area contributed by atoms with Gasteiger partial charge in [-0.1, -0.05) is 39.0 Å². The van der Waals surface area contributed by atoms with Crippen LogP contribution in [0, 0.1) is 5.92 Å². The first-order valence-electron chi connectivity index (χ1n) is 6.88. The zero-order valence-electron chi connectivity index (χ0n) is 11.5. The van der Waals surface area contributed by atoms with Gasteiger partial charge < -0.3 is 10.1 Å². The third kappa shape index (κ3) is 3.46. The zero-order chi connectivity index (χ0) is 12.0. The summed E-state index contributed by atoms with van der Waals surface area (Å²) in [4.78, 5) is 0. The molecule has 0 aromatic rings. The molecule has 0 aliphatic heterocycles. The molecule has 1 saturated carbocycles. The van der Waals surface area contributed by atoms with E-state index in [1.807, 2.05) is 7.11 Å². The van der Waals surface area contributed by atoms with E-state index in [0.717, 1.165) is 12.3 Å². The number of hydrogen-bond donors (Lipinski definition) is 1. The molecular weight excluding hydrogens is 198 g/mol. The highest BCUT2D eigenvalue weighted by atomic mass is 16.5. The molecule has 0 saturated heterocycles. The van der Waals surface area contributed by atoms with Crippen molar-refractivity contribution in [3.8, 4) is 0 Å². The molecule has 1 aliphatic carbocycles. The molecule has 2 nitrogen and oxygen atoms in total. The van der Waals surface area contributed by atoms with E-state index in [1.54, 1.807) is 0 Å². The fourth-order valence-electron chi connectivity index (χ4n) is 2.96. The van der Waals surface area contributed by atoms with Gasteiger partial charge in [-0.2, -0.15) is 0 Å². The Kier molecular flexibility index (Phi) is 5.77. The predicted molar refractivity (Wildman–Crippen MR) is 69.7 cm³/mol. The van der Waals surface area contributed by atoms with Gasteiger partial charge in [-0.15, -0.1) is 0 Å². The fourth-order valence-corrected chi connectivity index (χ4v) is 2.96. The van der Waals surface area contributed by atoms with E-state index in [0.29, 0.717) is 6.04 Å². The zero-order valence-corrected chi connectivity index (χ0v) is 11.5. The lowest BCUT2D eigenvalue weighted by Gasteiger charge is -2.38. The molecule has 96 valence electrons. The standard InChI is InChI=1S/C14H29NO/c1-5-14(2,16-4)13(15-3)11-12-9-7-6-8-10-12/h12-13,15H,5-11H2,1-4H3. The molecule has 16 heavy (non-hydrogen) atoms. The highest BCUT2D eigenvalue weighted by Gasteiger charge is 2.33. The van der Waals surface area contributed by atoms with Gasteiger partial charge in [-0.3, -0.25) is 0 Å². The normalized spacial score (nSPS) is 24.0. The molecule has 2 unspecified atom stereocenters. The summed E-state index contributed by atoms with van der Waals surface area (Å²) in [5.41, 5.74) is -0.00774. The summed E-state index contributed by atoms with van der Waals surface area (Å²) in [7, 11) is 3.91. The first-order valence-corrected chi connectivity index (χ1v) is 6.88. The van der Waals surface area contributed by atoms with Crippen LogP contribution in [0.4, 0.5) is 0 Å². The van der Waals surface area contributed by atoms with Crippen molar-refractivity contribution < 1.29 is 4.74 Å². The van der Waals surface area contributed by atoms with Crippen LogP contribution in [-0.4, -0.2) is 25.8 Å². The maximum atomic E-state index is 5.72. The second-order valence-corrected chi connectivity index (χ2v) is 5.45. The maximum absolute atomic E-state index is 5.72. The van der Waals surface area contributed by atoms with Gasteiger partial charge in [-0.05, 0) is 32.7 Å². The van der Waals surface area contributed by atoms with Gasteiger partial charge in [0.15, 0.2) is 0 Å². The SMILES string of the molecule is CCC(C)(OC)C(CC1CCCCC1)NC. The lowest BCUT2D eigenvalue weighted by atomic mass is 9.80. The van der Waals surface area contributed by atoms with Crippen LogP contribution in [0.2, 0.25) is 0 Å². The van der Waals surface area contributed by atoms with E-state index in [2.05, 4.69) is 26.2 Å². The van der Waals surface area contributed by atoms with Gasteiger partial charge in [-0.25, -0.2) is 0 Å². The van der Waals surface area contributed by atoms with E-state index in [4.69, 9.17) is 4.74 Å². The second kappa shape index (κ2) is 6.61. The van der Waals surface area contributed by atoms with Gasteiger partial charge in [0.25, 0.3) is 0 Å². The Hall–Kier alpha value is -0.0800. The lowest BCUT2D eigenvalue weighted by molar-refractivity contribution is -0.0343. The van der Waals surface area contributed by atoms with Crippen molar-refractivity contribution in [1.29, 1.82) is 0 Å². The smallest absolute Gasteiger partial charge is 0.0800 e. The van der Waals surface area contributed by atoms with E-state index < -0.39 is 0 Å². The number of likely N-dealkylation sites (N-methyl/N-ethyl adjacent to an activating group) is 1. The first kappa shape index (κ1) is 14.0. The van der Waals surface area contributed by atoms with Crippen molar-refractivity contribution in [3.05, 3.63) is 0 Å². The number of ether oxygens (including phenoxy) is 1. The summed E-state index contributed by atoms with van der Waals surface area (Å²) in [5, 5.41) is 3.47. The Labute approximate surface area is 101 Å². The van der Waals surface area contributed by atoms with E-state index in [-0.39, 0.29) is 5.60 Å². The summed E-state index contributed by atoms with van der Waals surface area (Å²) >= 11 is 0. The maximum Gasteiger partial charge on any atom is 0.0800 e. The summed E-state index contributed by atoms with van der Waals surface area (Å²) in [6.07, 6.45) is 9.48. The van der Waals surface area contributed by atoms with Crippen LogP contribution in [0.5, 0.6) is 0 Å². The molecule has 1 aliphatic rings. The second-order valence-electron chi connectivity index (χ2n) is 5.45. The first-order chi connectivity index (χ1) is 7.66. The summed E-state index contributed by atoms with van der Waals surface area (Å²) in [5.74, 6) is 0.909. The van der Waals surface area contributed by atoms with Crippen LogP contribution in [0.3, 0.4) is 0 Å². The Balaban J connectivity index is 2.52. The third-order valence-corrected chi connectivity index (χ3v) is 4.55.